The lowest BCUT2D eigenvalue weighted by Gasteiger charge is -2.38. The number of carbonyl (C=O) groups is 3. The number of amidine groups is 1. The third-order valence-electron chi connectivity index (χ3n) is 8.79. The fourth-order valence-corrected chi connectivity index (χ4v) is 7.27. The molecule has 5 heterocycles. The quantitative estimate of drug-likeness (QED) is 0.241. The Kier molecular flexibility index (Phi) is 9.03. The first-order chi connectivity index (χ1) is 24.1. The topological polar surface area (TPSA) is 141 Å². The summed E-state index contributed by atoms with van der Waals surface area (Å²) in [6, 6.07) is 9.48. The van der Waals surface area contributed by atoms with Crippen LogP contribution in [0.5, 0.6) is 0 Å². The first kappa shape index (κ1) is 33.3. The number of amides is 2. The van der Waals surface area contributed by atoms with Crippen LogP contribution in [0.2, 0.25) is 5.02 Å². The van der Waals surface area contributed by atoms with E-state index >= 15 is 0 Å². The molecule has 2 aromatic heterocycles. The van der Waals surface area contributed by atoms with E-state index in [1.54, 1.807) is 33.5 Å². The smallest absolute Gasteiger partial charge is 0.338 e. The van der Waals surface area contributed by atoms with Crippen LogP contribution < -0.4 is 10.2 Å². The number of fused-ring (bicyclic) bond motifs is 1. The Labute approximate surface area is 293 Å². The molecule has 16 heteroatoms. The van der Waals surface area contributed by atoms with Crippen LogP contribution in [0.4, 0.5) is 19.3 Å². The minimum Gasteiger partial charge on any atom is -0.478 e. The van der Waals surface area contributed by atoms with Crippen molar-refractivity contribution in [1.29, 1.82) is 0 Å². The van der Waals surface area contributed by atoms with Gasteiger partial charge in [0.25, 0.3) is 0 Å². The number of carbonyl (C=O) groups excluding carboxylic acids is 2. The molecule has 2 aromatic carbocycles. The molecule has 2 N–H and O–H groups in total. The number of aliphatic imine (C=N–C) groups is 1. The van der Waals surface area contributed by atoms with Crippen LogP contribution in [-0.2, 0) is 9.53 Å². The highest BCUT2D eigenvalue weighted by molar-refractivity contribution is 7.11. The zero-order valence-corrected chi connectivity index (χ0v) is 27.9. The maximum Gasteiger partial charge on any atom is 0.338 e. The second kappa shape index (κ2) is 13.6. The van der Waals surface area contributed by atoms with E-state index in [9.17, 15) is 28.3 Å². The number of methoxy groups -OCH3 is 1. The summed E-state index contributed by atoms with van der Waals surface area (Å²) in [6.45, 7) is 1.98. The molecule has 0 unspecified atom stereocenters. The summed E-state index contributed by atoms with van der Waals surface area (Å²) >= 11 is 7.84. The maximum atomic E-state index is 14.9. The summed E-state index contributed by atoms with van der Waals surface area (Å²) in [6.07, 6.45) is 3.12. The van der Waals surface area contributed by atoms with Crippen LogP contribution in [0.1, 0.15) is 27.0 Å². The predicted molar refractivity (Wildman–Crippen MR) is 181 cm³/mol. The van der Waals surface area contributed by atoms with Crippen molar-refractivity contribution >= 4 is 52.4 Å². The van der Waals surface area contributed by atoms with Gasteiger partial charge < -0.3 is 20.1 Å². The number of anilines is 1. The molecule has 4 aromatic rings. The van der Waals surface area contributed by atoms with Crippen molar-refractivity contribution in [3.05, 3.63) is 110 Å². The number of carboxylic acids is 1. The number of halogens is 3. The number of ether oxygens (including phenoxy) is 1. The van der Waals surface area contributed by atoms with Crippen molar-refractivity contribution in [2.45, 2.75) is 12.1 Å². The summed E-state index contributed by atoms with van der Waals surface area (Å²) in [7, 11) is 1.28. The molecule has 0 saturated carbocycles. The summed E-state index contributed by atoms with van der Waals surface area (Å²) in [4.78, 5) is 57.2. The van der Waals surface area contributed by atoms with Gasteiger partial charge in [-0.1, -0.05) is 17.7 Å². The van der Waals surface area contributed by atoms with E-state index < -0.39 is 29.6 Å². The van der Waals surface area contributed by atoms with Gasteiger partial charge in [-0.05, 0) is 42.5 Å². The molecule has 3 aliphatic rings. The highest BCUT2D eigenvalue weighted by Crippen LogP contribution is 2.37. The van der Waals surface area contributed by atoms with Gasteiger partial charge in [-0.3, -0.25) is 19.8 Å². The Balaban J connectivity index is 1.14. The SMILES string of the molecule is COC(=O)C1=C(CN2CCN3C(=O)N(c4ccnc(-c5ccc(C(=O)O)cc5F)c4)C[C@@H]3C2)NC(c2nccs2)=N[C@H]1c1ccc(F)cc1Cl. The van der Waals surface area contributed by atoms with Gasteiger partial charge in [0.15, 0.2) is 10.8 Å². The maximum absolute atomic E-state index is 14.9. The largest absolute Gasteiger partial charge is 0.478 e. The molecule has 3 aliphatic heterocycles. The Bertz CT molecular complexity index is 2080. The number of piperazine rings is 1. The Morgan fingerprint density at radius 2 is 1.92 bits per heavy atom. The number of thiazole rings is 1. The van der Waals surface area contributed by atoms with Crippen LogP contribution in [0.3, 0.4) is 0 Å². The Hall–Kier alpha value is -5.25. The van der Waals surface area contributed by atoms with Crippen molar-refractivity contribution in [3.63, 3.8) is 0 Å². The van der Waals surface area contributed by atoms with Crippen LogP contribution >= 0.6 is 22.9 Å². The van der Waals surface area contributed by atoms with Gasteiger partial charge in [0.2, 0.25) is 0 Å². The van der Waals surface area contributed by atoms with Gasteiger partial charge in [-0.15, -0.1) is 11.3 Å². The minimum absolute atomic E-state index is 0.109. The molecule has 2 fully saturated rings. The third kappa shape index (κ3) is 6.30. The summed E-state index contributed by atoms with van der Waals surface area (Å²) < 4.78 is 34.1. The second-order valence-electron chi connectivity index (χ2n) is 11.8. The molecule has 7 rings (SSSR count). The van der Waals surface area contributed by atoms with Gasteiger partial charge in [-0.25, -0.2) is 28.1 Å². The monoisotopic (exact) mass is 719 g/mol. The lowest BCUT2D eigenvalue weighted by Crippen LogP contribution is -2.53. The van der Waals surface area contributed by atoms with Crippen LogP contribution in [0, 0.1) is 11.6 Å². The zero-order valence-electron chi connectivity index (χ0n) is 26.3. The molecular formula is C34H28ClF2N7O5S. The molecule has 50 heavy (non-hydrogen) atoms. The molecule has 12 nitrogen and oxygen atoms in total. The molecule has 0 bridgehead atoms. The lowest BCUT2D eigenvalue weighted by atomic mass is 9.95. The number of pyridine rings is 1. The average Bonchev–Trinajstić information content (AvgIpc) is 3.76. The van der Waals surface area contributed by atoms with E-state index in [1.807, 2.05) is 0 Å². The summed E-state index contributed by atoms with van der Waals surface area (Å²) in [5.41, 5.74) is 1.89. The minimum atomic E-state index is -1.24. The predicted octanol–water partition coefficient (Wildman–Crippen LogP) is 4.98. The van der Waals surface area contributed by atoms with E-state index in [1.165, 1.54) is 55.0 Å². The molecule has 2 amide bonds. The van der Waals surface area contributed by atoms with Crippen molar-refractivity contribution in [2.75, 3.05) is 44.7 Å². The van der Waals surface area contributed by atoms with Gasteiger partial charge >= 0.3 is 18.0 Å². The van der Waals surface area contributed by atoms with E-state index in [4.69, 9.17) is 21.3 Å². The number of nitrogens with one attached hydrogen (secondary N) is 1. The van der Waals surface area contributed by atoms with Crippen molar-refractivity contribution in [1.82, 2.24) is 25.1 Å². The van der Waals surface area contributed by atoms with Crippen LogP contribution in [-0.4, -0.2) is 94.6 Å². The van der Waals surface area contributed by atoms with Gasteiger partial charge in [0, 0.05) is 78.0 Å². The molecule has 0 spiro atoms. The number of benzene rings is 2. The van der Waals surface area contributed by atoms with Crippen molar-refractivity contribution < 1.29 is 33.0 Å². The number of aromatic nitrogens is 2. The van der Waals surface area contributed by atoms with Crippen LogP contribution in [0.25, 0.3) is 11.3 Å². The van der Waals surface area contributed by atoms with E-state index in [0.29, 0.717) is 54.0 Å². The van der Waals surface area contributed by atoms with Gasteiger partial charge in [0.05, 0.1) is 30.0 Å². The fraction of sp³-hybridized carbons (Fsp3) is 0.235. The molecule has 0 aliphatic carbocycles. The van der Waals surface area contributed by atoms with E-state index in [2.05, 4.69) is 20.2 Å². The zero-order chi connectivity index (χ0) is 35.1. The molecule has 256 valence electrons. The Morgan fingerprint density at radius 1 is 1.08 bits per heavy atom. The number of rotatable bonds is 8. The molecule has 2 saturated heterocycles. The number of hydrogen-bond donors (Lipinski definition) is 2. The first-order valence-electron chi connectivity index (χ1n) is 15.4. The molecule has 2 atom stereocenters. The van der Waals surface area contributed by atoms with Crippen molar-refractivity contribution in [2.24, 2.45) is 4.99 Å². The van der Waals surface area contributed by atoms with Crippen LogP contribution in [0.15, 0.2) is 82.6 Å². The first-order valence-corrected chi connectivity index (χ1v) is 16.7. The van der Waals surface area contributed by atoms with E-state index in [-0.39, 0.29) is 46.0 Å². The van der Waals surface area contributed by atoms with Gasteiger partial charge in [0.1, 0.15) is 17.7 Å². The molecule has 0 radical (unpaired) electrons. The highest BCUT2D eigenvalue weighted by atomic mass is 35.5. The standard InChI is InChI=1S/C34H28ClF2N7O5S/c1-49-33(47)28-27(40-30(31-39-8-11-50-31)41-29(28)22-5-3-19(36)13-24(22)35)17-42-9-10-43-21(15-42)16-44(34(43)48)20-6-7-38-26(14-20)23-4-2-18(32(45)46)12-25(23)37/h2-8,11-14,21,29H,9-10,15-17H2,1H3,(H,40,41)(H,45,46)/t21-,29-/m0/s1. The number of urea groups is 1. The van der Waals surface area contributed by atoms with Gasteiger partial charge in [-0.2, -0.15) is 0 Å². The molecular weight excluding hydrogens is 692 g/mol. The van der Waals surface area contributed by atoms with E-state index in [0.717, 1.165) is 6.07 Å². The average molecular weight is 720 g/mol. The number of nitrogens with zero attached hydrogens (tertiary/aromatic N) is 6. The number of aromatic carboxylic acids is 1. The lowest BCUT2D eigenvalue weighted by molar-refractivity contribution is -0.136. The number of carboxylic acid groups (broad SMARTS) is 1. The summed E-state index contributed by atoms with van der Waals surface area (Å²) in [5, 5.41) is 15.0. The normalized spacial score (nSPS) is 19.3. The Morgan fingerprint density at radius 3 is 2.64 bits per heavy atom. The number of hydrogen-bond acceptors (Lipinski definition) is 10. The highest BCUT2D eigenvalue weighted by Gasteiger charge is 2.42. The second-order valence-corrected chi connectivity index (χ2v) is 13.1. The third-order valence-corrected chi connectivity index (χ3v) is 9.90. The number of esters is 1. The van der Waals surface area contributed by atoms with Crippen molar-refractivity contribution in [3.8, 4) is 11.3 Å². The summed E-state index contributed by atoms with van der Waals surface area (Å²) in [5.74, 6) is -2.70. The fourth-order valence-electron chi connectivity index (χ4n) is 6.41.